The van der Waals surface area contributed by atoms with E-state index < -0.39 is 0 Å². The first-order chi connectivity index (χ1) is 7.15. The Bertz CT molecular complexity index is 369. The molecule has 0 bridgehead atoms. The molecule has 0 saturated heterocycles. The minimum atomic E-state index is -0.308. The molecule has 0 aromatic heterocycles. The van der Waals surface area contributed by atoms with Crippen molar-refractivity contribution in [3.8, 4) is 11.5 Å². The largest absolute Gasteiger partial charge is 0.493 e. The predicted octanol–water partition coefficient (Wildman–Crippen LogP) is 2.96. The van der Waals surface area contributed by atoms with Gasteiger partial charge in [0.15, 0.2) is 11.5 Å². The number of hydrogen-bond donors (Lipinski definition) is 1. The maximum absolute atomic E-state index is 6.13. The van der Waals surface area contributed by atoms with E-state index in [0.717, 1.165) is 5.56 Å². The summed E-state index contributed by atoms with van der Waals surface area (Å²) in [4.78, 5) is 0. The number of methoxy groups -OCH3 is 2. The molecular formula is C11H15Cl2NO2. The fourth-order valence-electron chi connectivity index (χ4n) is 1.29. The average molecular weight is 264 g/mol. The van der Waals surface area contributed by atoms with Crippen LogP contribution in [0.5, 0.6) is 11.5 Å². The Balaban J connectivity index is 0.00000225. The molecule has 0 saturated carbocycles. The normalized spacial score (nSPS) is 11.2. The van der Waals surface area contributed by atoms with Crippen LogP contribution in [0.2, 0.25) is 5.02 Å². The number of rotatable bonds is 4. The molecule has 16 heavy (non-hydrogen) atoms. The van der Waals surface area contributed by atoms with Gasteiger partial charge in [0.05, 0.1) is 19.2 Å². The average Bonchev–Trinajstić information content (AvgIpc) is 2.27. The molecule has 2 N–H and O–H groups in total. The van der Waals surface area contributed by atoms with Crippen LogP contribution in [-0.2, 0) is 0 Å². The molecule has 0 aliphatic heterocycles. The monoisotopic (exact) mass is 263 g/mol. The standard InChI is InChI=1S/C11H14ClNO2.ClH/c1-4-8(13)7-5-6-9(14-2)11(15-3)10(7)12;/h4-6,8H,1,13H2,2-3H3;1H/t8-;/m0./s1. The molecule has 0 aliphatic carbocycles. The highest BCUT2D eigenvalue weighted by atomic mass is 35.5. The van der Waals surface area contributed by atoms with Crippen molar-refractivity contribution in [1.29, 1.82) is 0 Å². The van der Waals surface area contributed by atoms with Gasteiger partial charge in [0, 0.05) is 6.04 Å². The van der Waals surface area contributed by atoms with Crippen molar-refractivity contribution in [3.63, 3.8) is 0 Å². The molecule has 0 fully saturated rings. The van der Waals surface area contributed by atoms with E-state index in [-0.39, 0.29) is 18.4 Å². The first-order valence-corrected chi connectivity index (χ1v) is 4.82. The van der Waals surface area contributed by atoms with Crippen LogP contribution in [-0.4, -0.2) is 14.2 Å². The van der Waals surface area contributed by atoms with Gasteiger partial charge in [-0.25, -0.2) is 0 Å². The van der Waals surface area contributed by atoms with E-state index in [0.29, 0.717) is 16.5 Å². The van der Waals surface area contributed by atoms with Crippen molar-refractivity contribution in [2.45, 2.75) is 6.04 Å². The Morgan fingerprint density at radius 2 is 2.00 bits per heavy atom. The topological polar surface area (TPSA) is 44.5 Å². The summed E-state index contributed by atoms with van der Waals surface area (Å²) in [7, 11) is 3.09. The van der Waals surface area contributed by atoms with Gasteiger partial charge < -0.3 is 15.2 Å². The number of halogens is 2. The van der Waals surface area contributed by atoms with Crippen molar-refractivity contribution < 1.29 is 9.47 Å². The lowest BCUT2D eigenvalue weighted by atomic mass is 10.1. The highest BCUT2D eigenvalue weighted by Crippen LogP contribution is 2.39. The highest BCUT2D eigenvalue weighted by molar-refractivity contribution is 6.33. The predicted molar refractivity (Wildman–Crippen MR) is 68.9 cm³/mol. The maximum atomic E-state index is 6.13. The first kappa shape index (κ1) is 15.1. The lowest BCUT2D eigenvalue weighted by Gasteiger charge is -2.14. The van der Waals surface area contributed by atoms with Gasteiger partial charge in [-0.15, -0.1) is 19.0 Å². The van der Waals surface area contributed by atoms with E-state index in [9.17, 15) is 0 Å². The van der Waals surface area contributed by atoms with E-state index in [4.69, 9.17) is 26.8 Å². The minimum Gasteiger partial charge on any atom is -0.493 e. The Morgan fingerprint density at radius 3 is 2.44 bits per heavy atom. The molecule has 0 radical (unpaired) electrons. The number of nitrogens with two attached hydrogens (primary N) is 1. The summed E-state index contributed by atoms with van der Waals surface area (Å²) in [5.74, 6) is 1.08. The molecule has 1 atom stereocenters. The fraction of sp³-hybridized carbons (Fsp3) is 0.273. The fourth-order valence-corrected chi connectivity index (χ4v) is 1.65. The van der Waals surface area contributed by atoms with Crippen LogP contribution in [0.3, 0.4) is 0 Å². The van der Waals surface area contributed by atoms with Crippen LogP contribution in [0.1, 0.15) is 11.6 Å². The molecule has 5 heteroatoms. The molecule has 0 heterocycles. The van der Waals surface area contributed by atoms with Crippen LogP contribution in [0, 0.1) is 0 Å². The summed E-state index contributed by atoms with van der Waals surface area (Å²) in [6, 6.07) is 3.26. The molecule has 0 unspecified atom stereocenters. The van der Waals surface area contributed by atoms with Crippen molar-refractivity contribution >= 4 is 24.0 Å². The van der Waals surface area contributed by atoms with Crippen molar-refractivity contribution in [1.82, 2.24) is 0 Å². The molecule has 1 aromatic carbocycles. The molecule has 90 valence electrons. The molecular weight excluding hydrogens is 249 g/mol. The quantitative estimate of drug-likeness (QED) is 0.850. The third-order valence-corrected chi connectivity index (χ3v) is 2.52. The van der Waals surface area contributed by atoms with Crippen molar-refractivity contribution in [2.24, 2.45) is 5.73 Å². The van der Waals surface area contributed by atoms with Gasteiger partial charge in [-0.1, -0.05) is 23.7 Å². The van der Waals surface area contributed by atoms with E-state index in [2.05, 4.69) is 6.58 Å². The smallest absolute Gasteiger partial charge is 0.179 e. The van der Waals surface area contributed by atoms with Gasteiger partial charge in [-0.2, -0.15) is 0 Å². The number of ether oxygens (including phenoxy) is 2. The SMILES string of the molecule is C=C[C@H](N)c1ccc(OC)c(OC)c1Cl.Cl. The zero-order valence-corrected chi connectivity index (χ0v) is 10.8. The Labute approximate surface area is 107 Å². The summed E-state index contributed by atoms with van der Waals surface area (Å²) in [5.41, 5.74) is 6.58. The number of benzene rings is 1. The second kappa shape index (κ2) is 6.63. The van der Waals surface area contributed by atoms with E-state index in [1.165, 1.54) is 7.11 Å². The summed E-state index contributed by atoms with van der Waals surface area (Å²) in [6.07, 6.45) is 1.62. The van der Waals surface area contributed by atoms with Gasteiger partial charge in [-0.05, 0) is 11.6 Å². The van der Waals surface area contributed by atoms with Crippen LogP contribution < -0.4 is 15.2 Å². The summed E-state index contributed by atoms with van der Waals surface area (Å²) in [6.45, 7) is 3.62. The van der Waals surface area contributed by atoms with Crippen LogP contribution in [0.15, 0.2) is 24.8 Å². The van der Waals surface area contributed by atoms with E-state index in [1.807, 2.05) is 0 Å². The summed E-state index contributed by atoms with van der Waals surface area (Å²) in [5, 5.41) is 0.462. The molecule has 1 aromatic rings. The molecule has 0 amide bonds. The highest BCUT2D eigenvalue weighted by Gasteiger charge is 2.15. The third kappa shape index (κ3) is 2.82. The Morgan fingerprint density at radius 1 is 1.38 bits per heavy atom. The van der Waals surface area contributed by atoms with Crippen molar-refractivity contribution in [2.75, 3.05) is 14.2 Å². The van der Waals surface area contributed by atoms with Gasteiger partial charge in [0.25, 0.3) is 0 Å². The van der Waals surface area contributed by atoms with Crippen molar-refractivity contribution in [3.05, 3.63) is 35.4 Å². The lowest BCUT2D eigenvalue weighted by Crippen LogP contribution is -2.08. The van der Waals surface area contributed by atoms with Gasteiger partial charge in [0.2, 0.25) is 0 Å². The second-order valence-corrected chi connectivity index (χ2v) is 3.34. The third-order valence-electron chi connectivity index (χ3n) is 2.13. The molecule has 1 rings (SSSR count). The molecule has 3 nitrogen and oxygen atoms in total. The second-order valence-electron chi connectivity index (χ2n) is 2.97. The van der Waals surface area contributed by atoms with E-state index >= 15 is 0 Å². The van der Waals surface area contributed by atoms with Crippen LogP contribution in [0.25, 0.3) is 0 Å². The Kier molecular flexibility index (Phi) is 6.26. The van der Waals surface area contributed by atoms with E-state index in [1.54, 1.807) is 25.3 Å². The van der Waals surface area contributed by atoms with Gasteiger partial charge in [0.1, 0.15) is 0 Å². The molecule has 0 aliphatic rings. The van der Waals surface area contributed by atoms with Crippen LogP contribution >= 0.6 is 24.0 Å². The molecule has 0 spiro atoms. The maximum Gasteiger partial charge on any atom is 0.179 e. The minimum absolute atomic E-state index is 0. The number of hydrogen-bond acceptors (Lipinski definition) is 3. The van der Waals surface area contributed by atoms with Gasteiger partial charge in [-0.3, -0.25) is 0 Å². The van der Waals surface area contributed by atoms with Crippen LogP contribution in [0.4, 0.5) is 0 Å². The summed E-state index contributed by atoms with van der Waals surface area (Å²) >= 11 is 6.13. The Hall–Kier alpha value is -0.900. The van der Waals surface area contributed by atoms with Gasteiger partial charge >= 0.3 is 0 Å². The lowest BCUT2D eigenvalue weighted by molar-refractivity contribution is 0.354. The zero-order chi connectivity index (χ0) is 11.4. The summed E-state index contributed by atoms with van der Waals surface area (Å²) < 4.78 is 10.3. The zero-order valence-electron chi connectivity index (χ0n) is 9.20. The first-order valence-electron chi connectivity index (χ1n) is 4.44.